The highest BCUT2D eigenvalue weighted by molar-refractivity contribution is 7.17. The Balaban J connectivity index is 1.66. The number of hydrogen-bond acceptors (Lipinski definition) is 11. The Morgan fingerprint density at radius 1 is 1.09 bits per heavy atom. The van der Waals surface area contributed by atoms with Crippen LogP contribution in [-0.4, -0.2) is 54.7 Å². The molecular weight excluding hydrogens is 600 g/mol. The van der Waals surface area contributed by atoms with E-state index < -0.39 is 29.5 Å². The summed E-state index contributed by atoms with van der Waals surface area (Å²) in [4.78, 5) is 46.4. The molecular formula is C33H30N2O9S. The summed E-state index contributed by atoms with van der Waals surface area (Å²) in [5.74, 6) is -1.99. The van der Waals surface area contributed by atoms with Gasteiger partial charge < -0.3 is 28.5 Å². The fourth-order valence-corrected chi connectivity index (χ4v) is 5.88. The second-order valence-corrected chi connectivity index (χ2v) is 10.7. The van der Waals surface area contributed by atoms with Gasteiger partial charge in [0, 0.05) is 5.39 Å². The van der Waals surface area contributed by atoms with E-state index in [9.17, 15) is 19.5 Å². The van der Waals surface area contributed by atoms with E-state index in [1.807, 2.05) is 0 Å². The fourth-order valence-electron chi connectivity index (χ4n) is 4.90. The van der Waals surface area contributed by atoms with Crippen LogP contribution in [0.25, 0.3) is 11.0 Å². The lowest BCUT2D eigenvalue weighted by Crippen LogP contribution is -2.31. The smallest absolute Gasteiger partial charge is 0.350 e. The van der Waals surface area contributed by atoms with Crippen molar-refractivity contribution in [2.24, 2.45) is 0 Å². The number of carbonyl (C=O) groups excluding carboxylic acids is 3. The normalized spacial score (nSPS) is 14.5. The molecule has 1 aliphatic rings. The van der Waals surface area contributed by atoms with Crippen molar-refractivity contribution < 1.29 is 42.9 Å². The highest BCUT2D eigenvalue weighted by Gasteiger charge is 2.47. The number of aryl methyl sites for hydroxylation is 1. The number of carbonyl (C=O) groups is 3. The van der Waals surface area contributed by atoms with Crippen molar-refractivity contribution in [3.8, 4) is 17.2 Å². The van der Waals surface area contributed by atoms with E-state index in [1.54, 1.807) is 56.3 Å². The summed E-state index contributed by atoms with van der Waals surface area (Å²) in [6.45, 7) is 11.1. The molecule has 1 aliphatic heterocycles. The molecule has 0 fully saturated rings. The number of aliphatic hydroxyl groups is 1. The first-order valence-corrected chi connectivity index (χ1v) is 14.7. The number of rotatable bonds is 13. The molecule has 1 amide bonds. The number of benzene rings is 2. The van der Waals surface area contributed by atoms with Crippen molar-refractivity contribution in [3.63, 3.8) is 0 Å². The Morgan fingerprint density at radius 3 is 2.58 bits per heavy atom. The van der Waals surface area contributed by atoms with Gasteiger partial charge in [-0.05, 0) is 43.7 Å². The van der Waals surface area contributed by atoms with Crippen LogP contribution in [0.5, 0.6) is 17.2 Å². The lowest BCUT2D eigenvalue weighted by Gasteiger charge is -2.25. The van der Waals surface area contributed by atoms with Crippen LogP contribution in [0.1, 0.15) is 44.4 Å². The Bertz CT molecular complexity index is 1850. The number of Topliss-reactive ketones (excluding diaryl/α,β-unsaturated/α-hetero) is 1. The third-order valence-corrected chi connectivity index (χ3v) is 7.99. The van der Waals surface area contributed by atoms with Crippen molar-refractivity contribution >= 4 is 45.1 Å². The lowest BCUT2D eigenvalue weighted by atomic mass is 9.95. The predicted octanol–water partition coefficient (Wildman–Crippen LogP) is 6.30. The summed E-state index contributed by atoms with van der Waals surface area (Å²) in [6.07, 6.45) is 3.02. The average Bonchev–Trinajstić information content (AvgIpc) is 3.72. The minimum absolute atomic E-state index is 0.0134. The van der Waals surface area contributed by atoms with Gasteiger partial charge in [0.25, 0.3) is 5.91 Å². The van der Waals surface area contributed by atoms with Crippen LogP contribution in [0, 0.1) is 6.92 Å². The van der Waals surface area contributed by atoms with Gasteiger partial charge in [-0.2, -0.15) is 0 Å². The van der Waals surface area contributed by atoms with Crippen molar-refractivity contribution in [3.05, 3.63) is 101 Å². The van der Waals surface area contributed by atoms with E-state index in [1.165, 1.54) is 24.2 Å². The molecule has 4 aromatic rings. The zero-order valence-electron chi connectivity index (χ0n) is 24.8. The molecule has 2 aromatic heterocycles. The number of aromatic nitrogens is 1. The molecule has 0 saturated heterocycles. The minimum Gasteiger partial charge on any atom is -0.503 e. The molecule has 1 unspecified atom stereocenters. The van der Waals surface area contributed by atoms with Crippen LogP contribution in [-0.2, 0) is 9.53 Å². The Labute approximate surface area is 262 Å². The number of hydrogen-bond donors (Lipinski definition) is 1. The quantitative estimate of drug-likeness (QED) is 0.102. The Hall–Kier alpha value is -5.36. The molecule has 2 aromatic carbocycles. The molecule has 232 valence electrons. The number of methoxy groups -OCH3 is 1. The van der Waals surface area contributed by atoms with Gasteiger partial charge in [-0.3, -0.25) is 14.5 Å². The summed E-state index contributed by atoms with van der Waals surface area (Å²) < 4.78 is 28.0. The molecule has 1 N–H and O–H groups in total. The maximum atomic E-state index is 14.2. The van der Waals surface area contributed by atoms with Crippen molar-refractivity contribution in [1.82, 2.24) is 4.98 Å². The summed E-state index contributed by atoms with van der Waals surface area (Å²) in [5.41, 5.74) is 0.801. The molecule has 12 heteroatoms. The van der Waals surface area contributed by atoms with E-state index >= 15 is 0 Å². The highest BCUT2D eigenvalue weighted by Crippen LogP contribution is 2.46. The second-order valence-electron chi connectivity index (χ2n) is 9.70. The average molecular weight is 631 g/mol. The lowest BCUT2D eigenvalue weighted by molar-refractivity contribution is -0.117. The number of para-hydroxylation sites is 1. The number of furan rings is 1. The molecule has 5 rings (SSSR count). The fraction of sp³-hybridized carbons (Fsp3) is 0.212. The van der Waals surface area contributed by atoms with Gasteiger partial charge in [0.15, 0.2) is 39.5 Å². The molecule has 0 saturated carbocycles. The van der Waals surface area contributed by atoms with Crippen LogP contribution in [0.3, 0.4) is 0 Å². The third kappa shape index (κ3) is 5.79. The number of anilines is 1. The van der Waals surface area contributed by atoms with Crippen molar-refractivity contribution in [1.29, 1.82) is 0 Å². The molecule has 0 aliphatic carbocycles. The van der Waals surface area contributed by atoms with Crippen molar-refractivity contribution in [2.75, 3.05) is 31.8 Å². The molecule has 11 nitrogen and oxygen atoms in total. The number of fused-ring (bicyclic) bond motifs is 1. The highest BCUT2D eigenvalue weighted by atomic mass is 32.1. The third-order valence-electron chi connectivity index (χ3n) is 6.85. The number of aliphatic hydroxyl groups excluding tert-OH is 1. The number of amides is 1. The Kier molecular flexibility index (Phi) is 9.05. The van der Waals surface area contributed by atoms with Gasteiger partial charge in [0.2, 0.25) is 5.78 Å². The van der Waals surface area contributed by atoms with E-state index in [0.717, 1.165) is 11.3 Å². The number of ketones is 1. The molecule has 45 heavy (non-hydrogen) atoms. The van der Waals surface area contributed by atoms with Crippen LogP contribution < -0.4 is 19.1 Å². The van der Waals surface area contributed by atoms with E-state index in [-0.39, 0.29) is 34.6 Å². The van der Waals surface area contributed by atoms with Gasteiger partial charge in [-0.25, -0.2) is 9.78 Å². The first-order valence-electron chi connectivity index (χ1n) is 13.9. The van der Waals surface area contributed by atoms with E-state index in [2.05, 4.69) is 18.1 Å². The number of ether oxygens (including phenoxy) is 4. The van der Waals surface area contributed by atoms with Crippen LogP contribution in [0.2, 0.25) is 0 Å². The van der Waals surface area contributed by atoms with E-state index in [0.29, 0.717) is 46.1 Å². The molecule has 1 atom stereocenters. The van der Waals surface area contributed by atoms with E-state index in [4.69, 9.17) is 23.4 Å². The van der Waals surface area contributed by atoms with Gasteiger partial charge in [-0.15, -0.1) is 0 Å². The van der Waals surface area contributed by atoms with Crippen LogP contribution in [0.4, 0.5) is 5.13 Å². The largest absolute Gasteiger partial charge is 0.503 e. The first-order chi connectivity index (χ1) is 21.7. The number of thiazole rings is 1. The number of nitrogens with zero attached hydrogens (tertiary/aromatic N) is 2. The molecule has 3 heterocycles. The summed E-state index contributed by atoms with van der Waals surface area (Å²) >= 11 is 0.896. The topological polar surface area (TPSA) is 138 Å². The second kappa shape index (κ2) is 13.1. The van der Waals surface area contributed by atoms with Crippen LogP contribution in [0.15, 0.2) is 83.5 Å². The minimum atomic E-state index is -1.18. The Morgan fingerprint density at radius 2 is 1.87 bits per heavy atom. The van der Waals surface area contributed by atoms with Gasteiger partial charge in [0.1, 0.15) is 18.1 Å². The van der Waals surface area contributed by atoms with Crippen LogP contribution >= 0.6 is 11.3 Å². The molecule has 0 radical (unpaired) electrons. The predicted molar refractivity (Wildman–Crippen MR) is 168 cm³/mol. The molecule has 0 bridgehead atoms. The summed E-state index contributed by atoms with van der Waals surface area (Å²) in [5, 5.41) is 11.9. The zero-order chi connectivity index (χ0) is 32.2. The summed E-state index contributed by atoms with van der Waals surface area (Å²) in [7, 11) is 1.48. The summed E-state index contributed by atoms with van der Waals surface area (Å²) in [6, 6.07) is 10.4. The van der Waals surface area contributed by atoms with Gasteiger partial charge >= 0.3 is 5.97 Å². The SMILES string of the molecule is C=CCOC(=O)c1sc(N2C(=O)C(O)=C(C(=O)c3cc4cccc(OC)c4o3)C2c2ccc(OCC=C)c(OCC)c2)nc1C. The van der Waals surface area contributed by atoms with Crippen molar-refractivity contribution in [2.45, 2.75) is 19.9 Å². The standard InChI is InChI=1S/C33H30N2O9S/c1-6-14-42-21-13-12-19(16-23(21)41-8-3)26-25(27(36)24-17-20-10-9-11-22(40-5)29(20)44-24)28(37)31(38)35(26)33-34-18(4)30(45-33)32(39)43-15-7-2/h6-7,9-13,16-17,26,37H,1-2,8,14-15H2,3-5H3. The molecule has 0 spiro atoms. The van der Waals surface area contributed by atoms with Gasteiger partial charge in [-0.1, -0.05) is 54.8 Å². The first kappa shape index (κ1) is 31.1. The maximum Gasteiger partial charge on any atom is 0.350 e. The maximum absolute atomic E-state index is 14.2. The monoisotopic (exact) mass is 630 g/mol. The zero-order valence-corrected chi connectivity index (χ0v) is 25.6. The number of esters is 1. The van der Waals surface area contributed by atoms with Gasteiger partial charge in [0.05, 0.1) is 31.0 Å².